The third-order valence-electron chi connectivity index (χ3n) is 7.80. The Balaban J connectivity index is 1.16. The molecule has 0 atom stereocenters. The number of rotatable bonds is 9. The molecule has 0 N–H and O–H groups in total. The van der Waals surface area contributed by atoms with Crippen LogP contribution in [0, 0.1) is 18.8 Å². The average molecular weight is 506 g/mol. The number of halogens is 3. The van der Waals surface area contributed by atoms with Crippen molar-refractivity contribution in [3.63, 3.8) is 0 Å². The van der Waals surface area contributed by atoms with Gasteiger partial charge in [-0.2, -0.15) is 18.3 Å². The molecule has 0 saturated heterocycles. The van der Waals surface area contributed by atoms with Crippen LogP contribution in [0.2, 0.25) is 0 Å². The zero-order chi connectivity index (χ0) is 25.7. The summed E-state index contributed by atoms with van der Waals surface area (Å²) in [5.74, 6) is 2.90. The standard InChI is InChI=1S/C27H38F3N5O/c1-19-31-26(34(2)33-19)18-24(36)17-21-5-3-20(4-6-21)10-14-35-15-11-22-7-8-23(9-13-27(28,29)30)32-25(22)12-16-35/h7-8,20-21H,3-6,9-18H2,1-2H3. The van der Waals surface area contributed by atoms with Crippen molar-refractivity contribution in [2.75, 3.05) is 19.6 Å². The van der Waals surface area contributed by atoms with E-state index in [0.717, 1.165) is 56.8 Å². The highest BCUT2D eigenvalue weighted by molar-refractivity contribution is 5.80. The highest BCUT2D eigenvalue weighted by Crippen LogP contribution is 2.33. The Morgan fingerprint density at radius 3 is 2.47 bits per heavy atom. The summed E-state index contributed by atoms with van der Waals surface area (Å²) in [4.78, 5) is 23.9. The second-order valence-corrected chi connectivity index (χ2v) is 10.7. The number of fused-ring (bicyclic) bond motifs is 1. The molecule has 0 radical (unpaired) electrons. The van der Waals surface area contributed by atoms with Gasteiger partial charge in [-0.3, -0.25) is 14.5 Å². The molecular formula is C27H38F3N5O. The molecule has 1 aliphatic heterocycles. The number of nitrogens with zero attached hydrogens (tertiary/aromatic N) is 5. The second-order valence-electron chi connectivity index (χ2n) is 10.7. The van der Waals surface area contributed by atoms with E-state index in [9.17, 15) is 18.0 Å². The minimum absolute atomic E-state index is 0.0470. The molecule has 1 aliphatic carbocycles. The van der Waals surface area contributed by atoms with Gasteiger partial charge in [0.25, 0.3) is 0 Å². The summed E-state index contributed by atoms with van der Waals surface area (Å²) in [7, 11) is 1.84. The topological polar surface area (TPSA) is 63.9 Å². The molecule has 4 rings (SSSR count). The SMILES string of the molecule is Cc1nc(CC(=O)CC2CCC(CCN3CCc4ccc(CCC(F)(F)F)nc4CC3)CC2)n(C)n1. The fraction of sp³-hybridized carbons (Fsp3) is 0.704. The molecule has 2 aromatic rings. The number of hydrogen-bond donors (Lipinski definition) is 0. The van der Waals surface area contributed by atoms with E-state index in [1.807, 2.05) is 20.0 Å². The third kappa shape index (κ3) is 7.85. The van der Waals surface area contributed by atoms with Crippen LogP contribution in [0.25, 0.3) is 0 Å². The fourth-order valence-corrected chi connectivity index (χ4v) is 5.68. The molecule has 1 saturated carbocycles. The van der Waals surface area contributed by atoms with Crippen LogP contribution in [-0.4, -0.2) is 56.2 Å². The Labute approximate surface area is 211 Å². The molecule has 198 valence electrons. The van der Waals surface area contributed by atoms with Crippen molar-refractivity contribution >= 4 is 5.78 Å². The van der Waals surface area contributed by atoms with Crippen molar-refractivity contribution in [2.24, 2.45) is 18.9 Å². The first-order chi connectivity index (χ1) is 17.1. The van der Waals surface area contributed by atoms with Crippen LogP contribution in [0.3, 0.4) is 0 Å². The summed E-state index contributed by atoms with van der Waals surface area (Å²) in [5.41, 5.74) is 2.69. The molecule has 1 fully saturated rings. The molecule has 0 spiro atoms. The minimum Gasteiger partial charge on any atom is -0.303 e. The van der Waals surface area contributed by atoms with Crippen LogP contribution in [0.5, 0.6) is 0 Å². The van der Waals surface area contributed by atoms with E-state index in [-0.39, 0.29) is 12.2 Å². The summed E-state index contributed by atoms with van der Waals surface area (Å²) in [6.45, 7) is 4.78. The molecule has 6 nitrogen and oxygen atoms in total. The monoisotopic (exact) mass is 505 g/mol. The summed E-state index contributed by atoms with van der Waals surface area (Å²) in [6, 6.07) is 3.74. The van der Waals surface area contributed by atoms with Gasteiger partial charge in [-0.25, -0.2) is 4.98 Å². The van der Waals surface area contributed by atoms with E-state index in [1.165, 1.54) is 24.8 Å². The van der Waals surface area contributed by atoms with E-state index in [1.54, 1.807) is 10.7 Å². The van der Waals surface area contributed by atoms with Gasteiger partial charge in [0.1, 0.15) is 17.4 Å². The van der Waals surface area contributed by atoms with Gasteiger partial charge >= 0.3 is 6.18 Å². The number of Topliss-reactive ketones (excluding diaryl/α,β-unsaturated/α-hetero) is 1. The summed E-state index contributed by atoms with van der Waals surface area (Å²) in [6.07, 6.45) is 3.46. The molecule has 0 bridgehead atoms. The summed E-state index contributed by atoms with van der Waals surface area (Å²) < 4.78 is 39.4. The van der Waals surface area contributed by atoms with Gasteiger partial charge in [-0.1, -0.05) is 18.9 Å². The van der Waals surface area contributed by atoms with Crippen molar-refractivity contribution in [1.82, 2.24) is 24.6 Å². The predicted molar refractivity (Wildman–Crippen MR) is 132 cm³/mol. The number of hydrogen-bond acceptors (Lipinski definition) is 5. The molecule has 0 unspecified atom stereocenters. The van der Waals surface area contributed by atoms with Crippen LogP contribution in [0.15, 0.2) is 12.1 Å². The summed E-state index contributed by atoms with van der Waals surface area (Å²) >= 11 is 0. The van der Waals surface area contributed by atoms with Crippen molar-refractivity contribution in [1.29, 1.82) is 0 Å². The van der Waals surface area contributed by atoms with Crippen LogP contribution in [0.4, 0.5) is 13.2 Å². The minimum atomic E-state index is -4.14. The molecule has 0 aromatic carbocycles. The number of carbonyl (C=O) groups is 1. The van der Waals surface area contributed by atoms with Crippen molar-refractivity contribution in [3.05, 3.63) is 40.7 Å². The zero-order valence-corrected chi connectivity index (χ0v) is 21.5. The Morgan fingerprint density at radius 2 is 1.78 bits per heavy atom. The lowest BCUT2D eigenvalue weighted by atomic mass is 9.78. The van der Waals surface area contributed by atoms with Gasteiger partial charge in [0.05, 0.1) is 6.42 Å². The second kappa shape index (κ2) is 11.8. The first-order valence-corrected chi connectivity index (χ1v) is 13.3. The number of ketones is 1. The first kappa shape index (κ1) is 26.8. The summed E-state index contributed by atoms with van der Waals surface area (Å²) in [5, 5.41) is 4.23. The maximum atomic E-state index is 12.6. The number of alkyl halides is 3. The number of pyridine rings is 1. The Bertz CT molecular complexity index is 1030. The predicted octanol–water partition coefficient (Wildman–Crippen LogP) is 4.81. The Morgan fingerprint density at radius 1 is 1.06 bits per heavy atom. The molecule has 2 aromatic heterocycles. The molecule has 9 heteroatoms. The van der Waals surface area contributed by atoms with Crippen molar-refractivity contribution < 1.29 is 18.0 Å². The van der Waals surface area contributed by atoms with Gasteiger partial charge in [-0.15, -0.1) is 0 Å². The molecular weight excluding hydrogens is 467 g/mol. The van der Waals surface area contributed by atoms with Crippen LogP contribution in [-0.2, 0) is 37.5 Å². The van der Waals surface area contributed by atoms with Gasteiger partial charge < -0.3 is 4.90 Å². The van der Waals surface area contributed by atoms with E-state index in [0.29, 0.717) is 36.2 Å². The van der Waals surface area contributed by atoms with Crippen LogP contribution in [0.1, 0.15) is 73.5 Å². The van der Waals surface area contributed by atoms with Gasteiger partial charge in [0, 0.05) is 50.8 Å². The van der Waals surface area contributed by atoms with Gasteiger partial charge in [-0.05, 0) is 69.0 Å². The first-order valence-electron chi connectivity index (χ1n) is 13.3. The highest BCUT2D eigenvalue weighted by atomic mass is 19.4. The van der Waals surface area contributed by atoms with Crippen LogP contribution >= 0.6 is 0 Å². The number of aromatic nitrogens is 4. The Hall–Kier alpha value is -2.29. The fourth-order valence-electron chi connectivity index (χ4n) is 5.68. The van der Waals surface area contributed by atoms with Gasteiger partial charge in [0.2, 0.25) is 0 Å². The maximum absolute atomic E-state index is 12.6. The molecule has 36 heavy (non-hydrogen) atoms. The molecule has 3 heterocycles. The molecule has 0 amide bonds. The number of aryl methyl sites for hydroxylation is 3. The maximum Gasteiger partial charge on any atom is 0.389 e. The lowest BCUT2D eigenvalue weighted by Crippen LogP contribution is -2.29. The van der Waals surface area contributed by atoms with Crippen LogP contribution < -0.4 is 0 Å². The lowest BCUT2D eigenvalue weighted by Gasteiger charge is -2.30. The zero-order valence-electron chi connectivity index (χ0n) is 21.5. The van der Waals surface area contributed by atoms with E-state index in [4.69, 9.17) is 0 Å². The van der Waals surface area contributed by atoms with Crippen molar-refractivity contribution in [2.45, 2.75) is 83.7 Å². The average Bonchev–Trinajstić information content (AvgIpc) is 3.01. The third-order valence-corrected chi connectivity index (χ3v) is 7.80. The van der Waals surface area contributed by atoms with E-state index >= 15 is 0 Å². The molecule has 2 aliphatic rings. The lowest BCUT2D eigenvalue weighted by molar-refractivity contribution is -0.134. The quantitative estimate of drug-likeness (QED) is 0.489. The smallest absolute Gasteiger partial charge is 0.303 e. The largest absolute Gasteiger partial charge is 0.389 e. The van der Waals surface area contributed by atoms with Gasteiger partial charge in [0.15, 0.2) is 0 Å². The number of carbonyl (C=O) groups excluding carboxylic acids is 1. The Kier molecular flexibility index (Phi) is 8.80. The highest BCUT2D eigenvalue weighted by Gasteiger charge is 2.27. The van der Waals surface area contributed by atoms with E-state index < -0.39 is 12.6 Å². The normalized spacial score (nSPS) is 21.2. The van der Waals surface area contributed by atoms with E-state index in [2.05, 4.69) is 20.0 Å². The van der Waals surface area contributed by atoms with Crippen molar-refractivity contribution in [3.8, 4) is 0 Å².